The average Bonchev–Trinajstić information content (AvgIpc) is 1.02. The van der Waals surface area contributed by atoms with Crippen molar-refractivity contribution < 1.29 is 42.1 Å². The average molecular weight is 1420 g/mol. The summed E-state index contributed by atoms with van der Waals surface area (Å²) in [5.41, 5.74) is 0. The molecule has 0 aliphatic carbocycles. The number of allylic oxidation sites excluding steroid dienone is 20. The summed E-state index contributed by atoms with van der Waals surface area (Å²) in [6.07, 6.45) is 115. The Labute approximate surface area is 619 Å². The van der Waals surface area contributed by atoms with Gasteiger partial charge in [0, 0.05) is 12.8 Å². The molecule has 0 heterocycles. The Balaban J connectivity index is 3.96. The predicted octanol–water partition coefficient (Wildman–Crippen LogP) is 27.9. The van der Waals surface area contributed by atoms with E-state index in [1.165, 1.54) is 250 Å². The molecule has 0 bridgehead atoms. The van der Waals surface area contributed by atoms with Crippen LogP contribution in [0.2, 0.25) is 0 Å². The summed E-state index contributed by atoms with van der Waals surface area (Å²) in [6.45, 7) is 4.16. The summed E-state index contributed by atoms with van der Waals surface area (Å²) in [5.74, 6) is -0.830. The third-order valence-electron chi connectivity index (χ3n) is 18.5. The quantitative estimate of drug-likeness (QED) is 0.0195. The number of rotatable bonds is 78. The molecule has 0 aliphatic heterocycles. The lowest BCUT2D eigenvalue weighted by molar-refractivity contribution is -0.870. The van der Waals surface area contributed by atoms with Gasteiger partial charge < -0.3 is 27.9 Å². The molecular formula is C90H160NO8P. The zero-order valence-electron chi connectivity index (χ0n) is 66.1. The van der Waals surface area contributed by atoms with Crippen molar-refractivity contribution >= 4 is 19.8 Å². The number of phosphoric acid groups is 1. The van der Waals surface area contributed by atoms with E-state index in [0.717, 1.165) is 103 Å². The number of unbranched alkanes of at least 4 members (excludes halogenated alkanes) is 44. The van der Waals surface area contributed by atoms with Crippen LogP contribution in [0.5, 0.6) is 0 Å². The van der Waals surface area contributed by atoms with E-state index in [1.54, 1.807) is 0 Å². The number of likely N-dealkylation sites (N-methyl/N-ethyl adjacent to an activating group) is 1. The number of hydrogen-bond donors (Lipinski definition) is 0. The zero-order valence-corrected chi connectivity index (χ0v) is 67.0. The number of quaternary nitrogens is 1. The summed E-state index contributed by atoms with van der Waals surface area (Å²) < 4.78 is 34.4. The van der Waals surface area contributed by atoms with Crippen LogP contribution in [-0.4, -0.2) is 70.0 Å². The van der Waals surface area contributed by atoms with Gasteiger partial charge in [-0.15, -0.1) is 0 Å². The van der Waals surface area contributed by atoms with Gasteiger partial charge in [0.1, 0.15) is 19.8 Å². The SMILES string of the molecule is CC/C=C\C/C=C\C/C=C\C/C=C\C/C=C\C/C=C\C/C=C\C/C=C\C/C=C\CCCCCCCCCCCC(=O)OC(COC(=O)CCCCCCCCCCCCCCCCCCCCCCCCCCCCC/C=C\CCCCCCCCCC)COP(=O)([O-])OCC[N+](C)(C)C. The predicted molar refractivity (Wildman–Crippen MR) is 434 cm³/mol. The molecule has 0 spiro atoms. The number of hydrogen-bond acceptors (Lipinski definition) is 8. The second-order valence-corrected chi connectivity index (χ2v) is 30.9. The normalized spacial score (nSPS) is 13.6. The highest BCUT2D eigenvalue weighted by molar-refractivity contribution is 7.45. The summed E-state index contributed by atoms with van der Waals surface area (Å²) >= 11 is 0. The fourth-order valence-corrected chi connectivity index (χ4v) is 12.8. The van der Waals surface area contributed by atoms with Crippen LogP contribution in [0, 0.1) is 0 Å². The van der Waals surface area contributed by atoms with Crippen LogP contribution in [0.25, 0.3) is 0 Å². The lowest BCUT2D eigenvalue weighted by Gasteiger charge is -2.28. The summed E-state index contributed by atoms with van der Waals surface area (Å²) in [5, 5.41) is 0. The van der Waals surface area contributed by atoms with Crippen LogP contribution >= 0.6 is 7.82 Å². The number of ether oxygens (including phenoxy) is 2. The molecule has 0 N–H and O–H groups in total. The first kappa shape index (κ1) is 96.4. The van der Waals surface area contributed by atoms with Crippen molar-refractivity contribution in [2.24, 2.45) is 0 Å². The summed E-state index contributed by atoms with van der Waals surface area (Å²) in [7, 11) is 1.16. The van der Waals surface area contributed by atoms with Crippen LogP contribution < -0.4 is 4.89 Å². The molecule has 2 unspecified atom stereocenters. The molecule has 0 radical (unpaired) electrons. The molecule has 578 valence electrons. The first-order valence-electron chi connectivity index (χ1n) is 42.2. The minimum atomic E-state index is -4.65. The number of nitrogens with zero attached hydrogens (tertiary/aromatic N) is 1. The molecule has 0 saturated heterocycles. The summed E-state index contributed by atoms with van der Waals surface area (Å²) in [4.78, 5) is 38.2. The van der Waals surface area contributed by atoms with Crippen LogP contribution in [0.1, 0.15) is 386 Å². The van der Waals surface area contributed by atoms with Gasteiger partial charge in [0.25, 0.3) is 7.82 Å². The van der Waals surface area contributed by atoms with Gasteiger partial charge >= 0.3 is 11.9 Å². The van der Waals surface area contributed by atoms with Crippen LogP contribution in [0.4, 0.5) is 0 Å². The molecule has 2 atom stereocenters. The second-order valence-electron chi connectivity index (χ2n) is 29.5. The molecule has 100 heavy (non-hydrogen) atoms. The highest BCUT2D eigenvalue weighted by Gasteiger charge is 2.22. The van der Waals surface area contributed by atoms with E-state index >= 15 is 0 Å². The van der Waals surface area contributed by atoms with E-state index in [0.29, 0.717) is 17.4 Å². The smallest absolute Gasteiger partial charge is 0.306 e. The molecule has 0 aromatic rings. The van der Waals surface area contributed by atoms with Gasteiger partial charge in [-0.1, -0.05) is 386 Å². The van der Waals surface area contributed by atoms with Crippen LogP contribution in [-0.2, 0) is 32.7 Å². The maximum atomic E-state index is 12.9. The van der Waals surface area contributed by atoms with Crippen molar-refractivity contribution in [3.05, 3.63) is 122 Å². The monoisotopic (exact) mass is 1410 g/mol. The first-order valence-corrected chi connectivity index (χ1v) is 43.7. The van der Waals surface area contributed by atoms with Crippen molar-refractivity contribution in [2.45, 2.75) is 392 Å². The van der Waals surface area contributed by atoms with Crippen molar-refractivity contribution in [2.75, 3.05) is 47.5 Å². The highest BCUT2D eigenvalue weighted by atomic mass is 31.2. The van der Waals surface area contributed by atoms with E-state index in [2.05, 4.69) is 135 Å². The fraction of sp³-hybridized carbons (Fsp3) is 0.756. The number of phosphoric ester groups is 1. The van der Waals surface area contributed by atoms with Gasteiger partial charge in [-0.2, -0.15) is 0 Å². The van der Waals surface area contributed by atoms with E-state index < -0.39 is 26.5 Å². The number of carbonyl (C=O) groups is 2. The van der Waals surface area contributed by atoms with E-state index in [1.807, 2.05) is 21.1 Å². The molecule has 0 aromatic carbocycles. The van der Waals surface area contributed by atoms with Crippen molar-refractivity contribution in [1.82, 2.24) is 0 Å². The Hall–Kier alpha value is -3.59. The molecule has 0 saturated carbocycles. The van der Waals surface area contributed by atoms with Gasteiger partial charge in [0.15, 0.2) is 6.10 Å². The lowest BCUT2D eigenvalue weighted by Crippen LogP contribution is -2.37. The number of carbonyl (C=O) groups excluding carboxylic acids is 2. The molecular weight excluding hydrogens is 1250 g/mol. The Kier molecular flexibility index (Phi) is 76.7. The fourth-order valence-electron chi connectivity index (χ4n) is 12.1. The lowest BCUT2D eigenvalue weighted by atomic mass is 10.0. The summed E-state index contributed by atoms with van der Waals surface area (Å²) in [6, 6.07) is 0. The van der Waals surface area contributed by atoms with Crippen LogP contribution in [0.3, 0.4) is 0 Å². The maximum absolute atomic E-state index is 12.9. The van der Waals surface area contributed by atoms with Crippen molar-refractivity contribution in [3.8, 4) is 0 Å². The largest absolute Gasteiger partial charge is 0.756 e. The Morgan fingerprint density at radius 2 is 0.570 bits per heavy atom. The minimum Gasteiger partial charge on any atom is -0.756 e. The Morgan fingerprint density at radius 3 is 0.860 bits per heavy atom. The van der Waals surface area contributed by atoms with Gasteiger partial charge in [0.2, 0.25) is 0 Å². The molecule has 10 heteroatoms. The zero-order chi connectivity index (χ0) is 72.5. The topological polar surface area (TPSA) is 111 Å². The van der Waals surface area contributed by atoms with E-state index in [4.69, 9.17) is 18.5 Å². The Morgan fingerprint density at radius 1 is 0.320 bits per heavy atom. The van der Waals surface area contributed by atoms with Gasteiger partial charge in [0.05, 0.1) is 27.7 Å². The van der Waals surface area contributed by atoms with Gasteiger partial charge in [-0.3, -0.25) is 14.2 Å². The number of esters is 2. The Bertz CT molecular complexity index is 2110. The second kappa shape index (κ2) is 79.5. The molecule has 9 nitrogen and oxygen atoms in total. The van der Waals surface area contributed by atoms with Crippen molar-refractivity contribution in [1.29, 1.82) is 0 Å². The molecule has 0 amide bonds. The molecule has 0 aromatic heterocycles. The van der Waals surface area contributed by atoms with Crippen LogP contribution in [0.15, 0.2) is 122 Å². The van der Waals surface area contributed by atoms with E-state index in [-0.39, 0.29) is 32.0 Å². The minimum absolute atomic E-state index is 0.0354. The third kappa shape index (κ3) is 83.4. The maximum Gasteiger partial charge on any atom is 0.306 e. The highest BCUT2D eigenvalue weighted by Crippen LogP contribution is 2.38. The molecule has 0 rings (SSSR count). The van der Waals surface area contributed by atoms with Gasteiger partial charge in [-0.25, -0.2) is 0 Å². The molecule has 0 aliphatic rings. The van der Waals surface area contributed by atoms with E-state index in [9.17, 15) is 19.0 Å². The van der Waals surface area contributed by atoms with Gasteiger partial charge in [-0.05, 0) is 109 Å². The third-order valence-corrected chi connectivity index (χ3v) is 19.4. The van der Waals surface area contributed by atoms with Crippen molar-refractivity contribution in [3.63, 3.8) is 0 Å². The molecule has 0 fully saturated rings. The first-order chi connectivity index (χ1) is 49.0. The standard InChI is InChI=1S/C90H160NO8P/c1-6-8-10-12-14-16-18-20-22-24-26-28-30-32-34-36-38-40-42-44-45-47-48-50-52-54-56-58-60-62-64-66-68-70-72-74-76-78-80-82-89(92)96-86-88(87-98-100(94,95)97-85-84-91(3,4)5)99-90(93)83-81-79-77-75-73-71-69-67-65-63-61-59-57-55-53-51-49-46-43-41-39-37-35-33-31-29-27-25-23-21-19-17-15-13-11-9-7-2/h9,11,15,17,21,23-24,26-27,29,33,35,39,41,46,49,53,55,59,61,88H,6-8,10,12-14,16,18-20,22,25,28,30-32,34,36-38,40,42-45,47-48,50-52,54,56-58,60,62-87H2,1-5H3/b11-9-,17-15-,23-21-,26-24-,29-27-,35-33-,41-39-,49-46-,55-53-,61-59-.